The van der Waals surface area contributed by atoms with Gasteiger partial charge >= 0.3 is 12.0 Å². The van der Waals surface area contributed by atoms with Crippen molar-refractivity contribution in [3.8, 4) is 0 Å². The van der Waals surface area contributed by atoms with Crippen LogP contribution < -0.4 is 5.32 Å². The van der Waals surface area contributed by atoms with E-state index in [9.17, 15) is 9.59 Å². The van der Waals surface area contributed by atoms with E-state index in [1.54, 1.807) is 6.92 Å². The summed E-state index contributed by atoms with van der Waals surface area (Å²) in [6.45, 7) is 6.75. The number of aryl methyl sites for hydroxylation is 1. The first kappa shape index (κ1) is 17.0. The number of amides is 2. The number of hydrogen-bond donors (Lipinski definition) is 2. The molecule has 0 heterocycles. The van der Waals surface area contributed by atoms with Crippen LogP contribution in [-0.2, 0) is 11.2 Å². The van der Waals surface area contributed by atoms with Crippen molar-refractivity contribution < 1.29 is 14.7 Å². The van der Waals surface area contributed by atoms with Crippen LogP contribution in [0.4, 0.5) is 4.79 Å². The monoisotopic (exact) mass is 292 g/mol. The van der Waals surface area contributed by atoms with Gasteiger partial charge in [0.05, 0.1) is 5.92 Å². The molecule has 0 spiro atoms. The highest BCUT2D eigenvalue weighted by Crippen LogP contribution is 2.07. The van der Waals surface area contributed by atoms with Crippen LogP contribution in [-0.4, -0.2) is 41.6 Å². The van der Waals surface area contributed by atoms with E-state index in [0.29, 0.717) is 13.1 Å². The predicted octanol–water partition coefficient (Wildman–Crippen LogP) is 2.29. The smallest absolute Gasteiger partial charge is 0.317 e. The standard InChI is InChI=1S/C16H24N2O3/c1-4-18(11-13(3)15(19)20)16(21)17-10-9-14-8-6-5-7-12(14)2/h5-8,13H,4,9-11H2,1-3H3,(H,17,21)(H,19,20). The molecule has 116 valence electrons. The Morgan fingerprint density at radius 2 is 2.00 bits per heavy atom. The van der Waals surface area contributed by atoms with Gasteiger partial charge in [-0.15, -0.1) is 0 Å². The normalized spacial score (nSPS) is 11.8. The molecule has 0 bridgehead atoms. The number of hydrogen-bond acceptors (Lipinski definition) is 2. The van der Waals surface area contributed by atoms with E-state index in [1.165, 1.54) is 16.0 Å². The van der Waals surface area contributed by atoms with Crippen LogP contribution in [0.2, 0.25) is 0 Å². The lowest BCUT2D eigenvalue weighted by Gasteiger charge is -2.23. The Morgan fingerprint density at radius 1 is 1.33 bits per heavy atom. The van der Waals surface area contributed by atoms with Gasteiger partial charge in [0.1, 0.15) is 0 Å². The lowest BCUT2D eigenvalue weighted by molar-refractivity contribution is -0.141. The fourth-order valence-corrected chi connectivity index (χ4v) is 2.07. The van der Waals surface area contributed by atoms with Gasteiger partial charge in [-0.2, -0.15) is 0 Å². The molecule has 1 aromatic rings. The van der Waals surface area contributed by atoms with Gasteiger partial charge in [-0.1, -0.05) is 31.2 Å². The zero-order valence-electron chi connectivity index (χ0n) is 12.9. The molecule has 0 fully saturated rings. The maximum Gasteiger partial charge on any atom is 0.317 e. The lowest BCUT2D eigenvalue weighted by Crippen LogP contribution is -2.43. The molecule has 0 aliphatic carbocycles. The number of benzene rings is 1. The zero-order chi connectivity index (χ0) is 15.8. The van der Waals surface area contributed by atoms with Crippen LogP contribution in [0.3, 0.4) is 0 Å². The summed E-state index contributed by atoms with van der Waals surface area (Å²) in [6.07, 6.45) is 0.768. The second-order valence-corrected chi connectivity index (χ2v) is 5.19. The first-order chi connectivity index (χ1) is 9.95. The van der Waals surface area contributed by atoms with E-state index in [-0.39, 0.29) is 12.6 Å². The Kier molecular flexibility index (Phi) is 6.72. The highest BCUT2D eigenvalue weighted by atomic mass is 16.4. The highest BCUT2D eigenvalue weighted by Gasteiger charge is 2.18. The van der Waals surface area contributed by atoms with Crippen LogP contribution in [0, 0.1) is 12.8 Å². The predicted molar refractivity (Wildman–Crippen MR) is 82.3 cm³/mol. The van der Waals surface area contributed by atoms with Crippen molar-refractivity contribution in [1.82, 2.24) is 10.2 Å². The number of urea groups is 1. The lowest BCUT2D eigenvalue weighted by atomic mass is 10.1. The van der Waals surface area contributed by atoms with E-state index in [2.05, 4.69) is 5.32 Å². The summed E-state index contributed by atoms with van der Waals surface area (Å²) in [7, 11) is 0. The third kappa shape index (κ3) is 5.45. The quantitative estimate of drug-likeness (QED) is 0.810. The molecule has 0 aliphatic heterocycles. The first-order valence-electron chi connectivity index (χ1n) is 7.25. The molecule has 21 heavy (non-hydrogen) atoms. The largest absolute Gasteiger partial charge is 0.481 e. The molecule has 0 saturated carbocycles. The Bertz CT molecular complexity index is 488. The van der Waals surface area contributed by atoms with Gasteiger partial charge in [0.25, 0.3) is 0 Å². The minimum Gasteiger partial charge on any atom is -0.481 e. The average molecular weight is 292 g/mol. The molecule has 5 heteroatoms. The van der Waals surface area contributed by atoms with Crippen molar-refractivity contribution in [2.75, 3.05) is 19.6 Å². The maximum atomic E-state index is 12.0. The van der Waals surface area contributed by atoms with Gasteiger partial charge in [-0.05, 0) is 31.4 Å². The van der Waals surface area contributed by atoms with Crippen LogP contribution in [0.25, 0.3) is 0 Å². The van der Waals surface area contributed by atoms with Crippen molar-refractivity contribution in [2.45, 2.75) is 27.2 Å². The summed E-state index contributed by atoms with van der Waals surface area (Å²) in [5.74, 6) is -1.45. The molecule has 1 unspecified atom stereocenters. The summed E-state index contributed by atoms with van der Waals surface area (Å²) in [4.78, 5) is 24.4. The summed E-state index contributed by atoms with van der Waals surface area (Å²) >= 11 is 0. The molecular formula is C16H24N2O3. The van der Waals surface area contributed by atoms with Gasteiger partial charge in [0, 0.05) is 19.6 Å². The van der Waals surface area contributed by atoms with Crippen molar-refractivity contribution in [1.29, 1.82) is 0 Å². The molecule has 2 N–H and O–H groups in total. The summed E-state index contributed by atoms with van der Waals surface area (Å²) in [5, 5.41) is 11.8. The minimum atomic E-state index is -0.888. The molecule has 0 saturated heterocycles. The number of nitrogens with zero attached hydrogens (tertiary/aromatic N) is 1. The summed E-state index contributed by atoms with van der Waals surface area (Å²) < 4.78 is 0. The van der Waals surface area contributed by atoms with E-state index >= 15 is 0 Å². The summed E-state index contributed by atoms with van der Waals surface area (Å²) in [6, 6.07) is 7.86. The number of nitrogens with one attached hydrogen (secondary N) is 1. The molecular weight excluding hydrogens is 268 g/mol. The number of carbonyl (C=O) groups is 2. The van der Waals surface area contributed by atoms with Crippen LogP contribution in [0.5, 0.6) is 0 Å². The Labute approximate surface area is 126 Å². The van der Waals surface area contributed by atoms with Gasteiger partial charge in [0.15, 0.2) is 0 Å². The van der Waals surface area contributed by atoms with Gasteiger partial charge in [0.2, 0.25) is 0 Å². The van der Waals surface area contributed by atoms with Crippen LogP contribution in [0.1, 0.15) is 25.0 Å². The zero-order valence-corrected chi connectivity index (χ0v) is 12.9. The second kappa shape index (κ2) is 8.29. The number of carboxylic acids is 1. The van der Waals surface area contributed by atoms with Gasteiger partial charge < -0.3 is 15.3 Å². The van der Waals surface area contributed by atoms with Crippen molar-refractivity contribution >= 4 is 12.0 Å². The first-order valence-corrected chi connectivity index (χ1v) is 7.25. The second-order valence-electron chi connectivity index (χ2n) is 5.19. The Balaban J connectivity index is 2.44. The van der Waals surface area contributed by atoms with Gasteiger partial charge in [-0.3, -0.25) is 4.79 Å². The Morgan fingerprint density at radius 3 is 2.57 bits per heavy atom. The molecule has 0 aromatic heterocycles. The average Bonchev–Trinajstić information content (AvgIpc) is 2.46. The number of aliphatic carboxylic acids is 1. The Hall–Kier alpha value is -2.04. The van der Waals surface area contributed by atoms with Gasteiger partial charge in [-0.25, -0.2) is 4.79 Å². The fraction of sp³-hybridized carbons (Fsp3) is 0.500. The third-order valence-electron chi connectivity index (χ3n) is 3.52. The molecule has 1 rings (SSSR count). The van der Waals surface area contributed by atoms with Crippen LogP contribution in [0.15, 0.2) is 24.3 Å². The topological polar surface area (TPSA) is 69.6 Å². The van der Waals surface area contributed by atoms with Crippen molar-refractivity contribution in [3.63, 3.8) is 0 Å². The fourth-order valence-electron chi connectivity index (χ4n) is 2.07. The molecule has 1 atom stereocenters. The van der Waals surface area contributed by atoms with Crippen molar-refractivity contribution in [3.05, 3.63) is 35.4 Å². The third-order valence-corrected chi connectivity index (χ3v) is 3.52. The maximum absolute atomic E-state index is 12.0. The number of rotatable bonds is 7. The number of carbonyl (C=O) groups excluding carboxylic acids is 1. The number of carboxylic acid groups (broad SMARTS) is 1. The SMILES string of the molecule is CCN(CC(C)C(=O)O)C(=O)NCCc1ccccc1C. The molecule has 2 amide bonds. The van der Waals surface area contributed by atoms with Crippen molar-refractivity contribution in [2.24, 2.45) is 5.92 Å². The van der Waals surface area contributed by atoms with E-state index in [4.69, 9.17) is 5.11 Å². The minimum absolute atomic E-state index is 0.209. The van der Waals surface area contributed by atoms with E-state index < -0.39 is 11.9 Å². The molecule has 0 aliphatic rings. The molecule has 5 nitrogen and oxygen atoms in total. The highest BCUT2D eigenvalue weighted by molar-refractivity contribution is 5.75. The molecule has 1 aromatic carbocycles. The molecule has 0 radical (unpaired) electrons. The van der Waals surface area contributed by atoms with Crippen LogP contribution >= 0.6 is 0 Å². The van der Waals surface area contributed by atoms with E-state index in [0.717, 1.165) is 6.42 Å². The van der Waals surface area contributed by atoms with E-state index in [1.807, 2.05) is 38.1 Å². The summed E-state index contributed by atoms with van der Waals surface area (Å²) in [5.41, 5.74) is 2.42.